The third kappa shape index (κ3) is 3.05. The fraction of sp³-hybridized carbons (Fsp3) is 0.300. The van der Waals surface area contributed by atoms with Crippen LogP contribution >= 0.6 is 0 Å². The van der Waals surface area contributed by atoms with E-state index < -0.39 is 12.6 Å². The van der Waals surface area contributed by atoms with E-state index in [0.29, 0.717) is 0 Å². The van der Waals surface area contributed by atoms with Crippen molar-refractivity contribution in [3.05, 3.63) is 30.3 Å². The standard InChI is InChI=1S/C10H12FNO2/c11-6-7-12(8-10(13)14)9-4-2-1-3-5-9/h1-5H,6-8H2,(H,13,14). The van der Waals surface area contributed by atoms with Gasteiger partial charge in [-0.15, -0.1) is 0 Å². The molecule has 0 aromatic heterocycles. The first-order chi connectivity index (χ1) is 6.74. The smallest absolute Gasteiger partial charge is 0.323 e. The summed E-state index contributed by atoms with van der Waals surface area (Å²) in [7, 11) is 0. The molecule has 1 aromatic rings. The fourth-order valence-electron chi connectivity index (χ4n) is 1.20. The van der Waals surface area contributed by atoms with E-state index in [1.165, 1.54) is 4.90 Å². The predicted molar refractivity (Wildman–Crippen MR) is 52.3 cm³/mol. The van der Waals surface area contributed by atoms with Crippen molar-refractivity contribution in [2.45, 2.75) is 0 Å². The minimum atomic E-state index is -0.956. The number of halogens is 1. The summed E-state index contributed by atoms with van der Waals surface area (Å²) in [6, 6.07) is 8.94. The first-order valence-corrected chi connectivity index (χ1v) is 4.32. The van der Waals surface area contributed by atoms with Gasteiger partial charge in [0.2, 0.25) is 0 Å². The molecule has 0 atom stereocenters. The molecule has 1 rings (SSSR count). The zero-order valence-electron chi connectivity index (χ0n) is 7.69. The second kappa shape index (κ2) is 5.21. The fourth-order valence-corrected chi connectivity index (χ4v) is 1.20. The van der Waals surface area contributed by atoms with Gasteiger partial charge < -0.3 is 10.0 Å². The highest BCUT2D eigenvalue weighted by Gasteiger charge is 2.09. The number of hydrogen-bond acceptors (Lipinski definition) is 2. The van der Waals surface area contributed by atoms with Gasteiger partial charge >= 0.3 is 5.97 Å². The number of aliphatic carboxylic acids is 1. The Morgan fingerprint density at radius 1 is 1.36 bits per heavy atom. The molecule has 0 amide bonds. The van der Waals surface area contributed by atoms with Crippen LogP contribution in [0.3, 0.4) is 0 Å². The molecule has 3 nitrogen and oxygen atoms in total. The van der Waals surface area contributed by atoms with E-state index in [1.807, 2.05) is 6.07 Å². The van der Waals surface area contributed by atoms with Crippen molar-refractivity contribution in [1.29, 1.82) is 0 Å². The van der Waals surface area contributed by atoms with Gasteiger partial charge in [0.15, 0.2) is 0 Å². The second-order valence-corrected chi connectivity index (χ2v) is 2.84. The highest BCUT2D eigenvalue weighted by molar-refractivity contribution is 5.73. The number of anilines is 1. The topological polar surface area (TPSA) is 40.5 Å². The van der Waals surface area contributed by atoms with Crippen molar-refractivity contribution in [3.8, 4) is 0 Å². The Morgan fingerprint density at radius 2 is 2.00 bits per heavy atom. The Labute approximate surface area is 81.8 Å². The molecule has 0 fully saturated rings. The van der Waals surface area contributed by atoms with Gasteiger partial charge in [0.1, 0.15) is 13.2 Å². The quantitative estimate of drug-likeness (QED) is 0.778. The van der Waals surface area contributed by atoms with Crippen LogP contribution in [0.25, 0.3) is 0 Å². The third-order valence-corrected chi connectivity index (χ3v) is 1.80. The van der Waals surface area contributed by atoms with Crippen molar-refractivity contribution >= 4 is 11.7 Å². The van der Waals surface area contributed by atoms with E-state index in [0.717, 1.165) is 5.69 Å². The zero-order valence-corrected chi connectivity index (χ0v) is 7.69. The summed E-state index contributed by atoms with van der Waals surface area (Å²) < 4.78 is 12.1. The number of rotatable bonds is 5. The molecule has 0 unspecified atom stereocenters. The lowest BCUT2D eigenvalue weighted by atomic mass is 10.3. The van der Waals surface area contributed by atoms with Crippen molar-refractivity contribution < 1.29 is 14.3 Å². The van der Waals surface area contributed by atoms with Crippen LogP contribution in [-0.2, 0) is 4.79 Å². The predicted octanol–water partition coefficient (Wildman–Crippen LogP) is 1.55. The number of nitrogens with zero attached hydrogens (tertiary/aromatic N) is 1. The maximum atomic E-state index is 12.1. The van der Waals surface area contributed by atoms with E-state index >= 15 is 0 Å². The number of carbonyl (C=O) groups is 1. The molecule has 0 saturated carbocycles. The van der Waals surface area contributed by atoms with Crippen molar-refractivity contribution in [3.63, 3.8) is 0 Å². The molecule has 1 aromatic carbocycles. The summed E-state index contributed by atoms with van der Waals surface area (Å²) in [5.41, 5.74) is 0.729. The number of carboxylic acids is 1. The SMILES string of the molecule is O=C(O)CN(CCF)c1ccccc1. The number of para-hydroxylation sites is 1. The maximum absolute atomic E-state index is 12.1. The molecule has 0 spiro atoms. The van der Waals surface area contributed by atoms with Crippen molar-refractivity contribution in [2.24, 2.45) is 0 Å². The second-order valence-electron chi connectivity index (χ2n) is 2.84. The summed E-state index contributed by atoms with van der Waals surface area (Å²) in [6.07, 6.45) is 0. The van der Waals surface area contributed by atoms with Gasteiger partial charge in [0, 0.05) is 12.2 Å². The van der Waals surface area contributed by atoms with Crippen LogP contribution in [0.2, 0.25) is 0 Å². The van der Waals surface area contributed by atoms with Crippen LogP contribution in [0.1, 0.15) is 0 Å². The molecule has 76 valence electrons. The summed E-state index contributed by atoms with van der Waals surface area (Å²) in [5, 5.41) is 8.61. The normalized spacial score (nSPS) is 9.79. The van der Waals surface area contributed by atoms with Crippen LogP contribution in [0, 0.1) is 0 Å². The average molecular weight is 197 g/mol. The Hall–Kier alpha value is -1.58. The molecular weight excluding hydrogens is 185 g/mol. The van der Waals surface area contributed by atoms with Crippen LogP contribution in [-0.4, -0.2) is 30.8 Å². The summed E-state index contributed by atoms with van der Waals surface area (Å²) in [4.78, 5) is 12.0. The lowest BCUT2D eigenvalue weighted by molar-refractivity contribution is -0.135. The number of carboxylic acid groups (broad SMARTS) is 1. The molecular formula is C10H12FNO2. The lowest BCUT2D eigenvalue weighted by Gasteiger charge is -2.20. The van der Waals surface area contributed by atoms with E-state index in [9.17, 15) is 9.18 Å². The van der Waals surface area contributed by atoms with E-state index in [1.54, 1.807) is 24.3 Å². The molecule has 0 heterocycles. The Bertz CT molecular complexity index is 289. The Morgan fingerprint density at radius 3 is 2.50 bits per heavy atom. The van der Waals surface area contributed by atoms with Crippen molar-refractivity contribution in [2.75, 3.05) is 24.7 Å². The third-order valence-electron chi connectivity index (χ3n) is 1.80. The molecule has 4 heteroatoms. The molecule has 14 heavy (non-hydrogen) atoms. The van der Waals surface area contributed by atoms with E-state index in [4.69, 9.17) is 5.11 Å². The summed E-state index contributed by atoms with van der Waals surface area (Å²) >= 11 is 0. The zero-order chi connectivity index (χ0) is 10.4. The van der Waals surface area contributed by atoms with Crippen LogP contribution in [0.5, 0.6) is 0 Å². The van der Waals surface area contributed by atoms with Gasteiger partial charge in [-0.1, -0.05) is 18.2 Å². The monoisotopic (exact) mass is 197 g/mol. The van der Waals surface area contributed by atoms with Gasteiger partial charge in [0.25, 0.3) is 0 Å². The van der Waals surface area contributed by atoms with Crippen LogP contribution < -0.4 is 4.90 Å². The maximum Gasteiger partial charge on any atom is 0.323 e. The molecule has 0 aliphatic carbocycles. The summed E-state index contributed by atoms with van der Waals surface area (Å²) in [5.74, 6) is -0.956. The highest BCUT2D eigenvalue weighted by Crippen LogP contribution is 2.12. The lowest BCUT2D eigenvalue weighted by Crippen LogP contribution is -2.31. The summed E-state index contributed by atoms with van der Waals surface area (Å²) in [6.45, 7) is -0.619. The van der Waals surface area contributed by atoms with Crippen molar-refractivity contribution in [1.82, 2.24) is 0 Å². The van der Waals surface area contributed by atoms with Gasteiger partial charge in [-0.05, 0) is 12.1 Å². The van der Waals surface area contributed by atoms with E-state index in [2.05, 4.69) is 0 Å². The average Bonchev–Trinajstić information content (AvgIpc) is 2.18. The highest BCUT2D eigenvalue weighted by atomic mass is 19.1. The molecule has 0 aliphatic rings. The first-order valence-electron chi connectivity index (χ1n) is 4.32. The Balaban J connectivity index is 2.72. The largest absolute Gasteiger partial charge is 0.480 e. The van der Waals surface area contributed by atoms with E-state index in [-0.39, 0.29) is 13.1 Å². The minimum absolute atomic E-state index is 0.107. The van der Waals surface area contributed by atoms with Gasteiger partial charge in [0.05, 0.1) is 0 Å². The molecule has 0 bridgehead atoms. The van der Waals surface area contributed by atoms with Crippen LogP contribution in [0.4, 0.5) is 10.1 Å². The van der Waals surface area contributed by atoms with Gasteiger partial charge in [-0.2, -0.15) is 0 Å². The first kappa shape index (κ1) is 10.5. The number of hydrogen-bond donors (Lipinski definition) is 1. The minimum Gasteiger partial charge on any atom is -0.480 e. The Kier molecular flexibility index (Phi) is 3.91. The van der Waals surface area contributed by atoms with Gasteiger partial charge in [-0.3, -0.25) is 4.79 Å². The molecule has 1 N–H and O–H groups in total. The molecule has 0 radical (unpaired) electrons. The molecule has 0 saturated heterocycles. The number of benzene rings is 1. The molecule has 0 aliphatic heterocycles. The van der Waals surface area contributed by atoms with Crippen LogP contribution in [0.15, 0.2) is 30.3 Å². The number of alkyl halides is 1. The van der Waals surface area contributed by atoms with Gasteiger partial charge in [-0.25, -0.2) is 4.39 Å².